The lowest BCUT2D eigenvalue weighted by atomic mass is 9.81. The number of hydrogen-bond acceptors (Lipinski definition) is 3. The van der Waals surface area contributed by atoms with E-state index in [1.807, 2.05) is 36.4 Å². The van der Waals surface area contributed by atoms with Crippen LogP contribution in [0.3, 0.4) is 0 Å². The Hall–Kier alpha value is -2.20. The average Bonchev–Trinajstić information content (AvgIpc) is 2.61. The van der Waals surface area contributed by atoms with Gasteiger partial charge in [0.05, 0.1) is 5.56 Å². The molecule has 2 aromatic rings. The largest absolute Gasteiger partial charge is 0.351 e. The van der Waals surface area contributed by atoms with Crippen LogP contribution < -0.4 is 10.6 Å². The number of nitrogens with one attached hydrogen (secondary N) is 2. The predicted octanol–water partition coefficient (Wildman–Crippen LogP) is 2.87. The summed E-state index contributed by atoms with van der Waals surface area (Å²) >= 11 is 0. The lowest BCUT2D eigenvalue weighted by molar-refractivity contribution is 0.0922. The van der Waals surface area contributed by atoms with Gasteiger partial charge < -0.3 is 10.6 Å². The molecule has 1 fully saturated rings. The average molecular weight is 309 g/mol. The maximum Gasteiger partial charge on any atom is 0.252 e. The molecular formula is C19H23N3O. The molecule has 0 radical (unpaired) electrons. The summed E-state index contributed by atoms with van der Waals surface area (Å²) in [7, 11) is 0. The minimum absolute atomic E-state index is 0.0463. The van der Waals surface area contributed by atoms with Gasteiger partial charge in [-0.25, -0.2) is 0 Å². The van der Waals surface area contributed by atoms with E-state index >= 15 is 0 Å². The van der Waals surface area contributed by atoms with Crippen LogP contribution in [0.4, 0.5) is 0 Å². The van der Waals surface area contributed by atoms with Gasteiger partial charge in [0.25, 0.3) is 5.91 Å². The van der Waals surface area contributed by atoms with Gasteiger partial charge in [-0.1, -0.05) is 37.3 Å². The molecule has 2 heterocycles. The summed E-state index contributed by atoms with van der Waals surface area (Å²) in [6.45, 7) is 5.00. The number of carbonyl (C=O) groups excluding carboxylic acids is 1. The normalized spacial score (nSPS) is 16.7. The molecule has 0 unspecified atom stereocenters. The van der Waals surface area contributed by atoms with E-state index in [9.17, 15) is 4.79 Å². The number of hydrogen-bond donors (Lipinski definition) is 2. The Labute approximate surface area is 137 Å². The second-order valence-electron chi connectivity index (χ2n) is 6.57. The molecule has 1 aliphatic rings. The Morgan fingerprint density at radius 1 is 1.17 bits per heavy atom. The van der Waals surface area contributed by atoms with Crippen LogP contribution in [0.5, 0.6) is 0 Å². The van der Waals surface area contributed by atoms with E-state index in [0.717, 1.165) is 37.1 Å². The third kappa shape index (κ3) is 3.96. The van der Waals surface area contributed by atoms with Gasteiger partial charge in [-0.15, -0.1) is 0 Å². The summed E-state index contributed by atoms with van der Waals surface area (Å²) in [5.74, 6) is -0.0463. The summed E-state index contributed by atoms with van der Waals surface area (Å²) < 4.78 is 0. The molecule has 0 atom stereocenters. The fourth-order valence-electron chi connectivity index (χ4n) is 2.96. The zero-order valence-corrected chi connectivity index (χ0v) is 13.5. The third-order valence-corrected chi connectivity index (χ3v) is 4.59. The van der Waals surface area contributed by atoms with Gasteiger partial charge in [0.1, 0.15) is 0 Å². The molecule has 2 N–H and O–H groups in total. The molecular weight excluding hydrogens is 286 g/mol. The summed E-state index contributed by atoms with van der Waals surface area (Å²) in [6, 6.07) is 11.9. The lowest BCUT2D eigenvalue weighted by Crippen LogP contribution is -2.42. The quantitative estimate of drug-likeness (QED) is 0.913. The molecule has 1 aliphatic heterocycles. The highest BCUT2D eigenvalue weighted by Crippen LogP contribution is 2.27. The summed E-state index contributed by atoms with van der Waals surface area (Å²) in [5, 5.41) is 6.44. The number of aromatic nitrogens is 1. The molecule has 0 bridgehead atoms. The molecule has 23 heavy (non-hydrogen) atoms. The summed E-state index contributed by atoms with van der Waals surface area (Å²) in [4.78, 5) is 16.7. The first-order valence-electron chi connectivity index (χ1n) is 8.16. The number of piperidine rings is 1. The molecule has 1 aromatic carbocycles. The van der Waals surface area contributed by atoms with E-state index in [2.05, 4.69) is 22.5 Å². The van der Waals surface area contributed by atoms with Crippen LogP contribution in [0.25, 0.3) is 11.1 Å². The van der Waals surface area contributed by atoms with E-state index in [-0.39, 0.29) is 11.3 Å². The molecule has 3 rings (SSSR count). The van der Waals surface area contributed by atoms with Gasteiger partial charge in [-0.2, -0.15) is 0 Å². The van der Waals surface area contributed by atoms with E-state index in [0.29, 0.717) is 12.1 Å². The standard InChI is InChI=1S/C19H23N3O/c1-19(7-9-20-10-8-19)14-22-18(23)17-11-16(12-21-13-17)15-5-3-2-4-6-15/h2-6,11-13,20H,7-10,14H2,1H3,(H,22,23). The number of benzene rings is 1. The van der Waals surface area contributed by atoms with Crippen molar-refractivity contribution in [1.82, 2.24) is 15.6 Å². The molecule has 0 aliphatic carbocycles. The fourth-order valence-corrected chi connectivity index (χ4v) is 2.96. The third-order valence-electron chi connectivity index (χ3n) is 4.59. The lowest BCUT2D eigenvalue weighted by Gasteiger charge is -2.34. The zero-order valence-electron chi connectivity index (χ0n) is 13.5. The molecule has 120 valence electrons. The van der Waals surface area contributed by atoms with Crippen LogP contribution in [-0.2, 0) is 0 Å². The van der Waals surface area contributed by atoms with Crippen molar-refractivity contribution in [2.75, 3.05) is 19.6 Å². The molecule has 1 amide bonds. The van der Waals surface area contributed by atoms with Crippen molar-refractivity contribution in [2.24, 2.45) is 5.41 Å². The van der Waals surface area contributed by atoms with Crippen molar-refractivity contribution in [2.45, 2.75) is 19.8 Å². The highest BCUT2D eigenvalue weighted by atomic mass is 16.1. The Balaban J connectivity index is 1.68. The first-order chi connectivity index (χ1) is 11.2. The van der Waals surface area contributed by atoms with Crippen LogP contribution in [0.1, 0.15) is 30.1 Å². The predicted molar refractivity (Wildman–Crippen MR) is 92.2 cm³/mol. The van der Waals surface area contributed by atoms with Crippen LogP contribution in [0.15, 0.2) is 48.8 Å². The molecule has 4 heteroatoms. The van der Waals surface area contributed by atoms with Gasteiger partial charge in [-0.3, -0.25) is 9.78 Å². The van der Waals surface area contributed by atoms with Gasteiger partial charge in [-0.05, 0) is 43.0 Å². The van der Waals surface area contributed by atoms with Crippen LogP contribution in [0, 0.1) is 5.41 Å². The SMILES string of the molecule is CC1(CNC(=O)c2cncc(-c3ccccc3)c2)CCNCC1. The minimum atomic E-state index is -0.0463. The van der Waals surface area contributed by atoms with E-state index < -0.39 is 0 Å². The molecule has 4 nitrogen and oxygen atoms in total. The number of pyridine rings is 1. The van der Waals surface area contributed by atoms with Crippen molar-refractivity contribution in [1.29, 1.82) is 0 Å². The minimum Gasteiger partial charge on any atom is -0.351 e. The van der Waals surface area contributed by atoms with Crippen molar-refractivity contribution in [3.63, 3.8) is 0 Å². The van der Waals surface area contributed by atoms with E-state index in [4.69, 9.17) is 0 Å². The van der Waals surface area contributed by atoms with Crippen molar-refractivity contribution in [3.8, 4) is 11.1 Å². The maximum atomic E-state index is 12.4. The monoisotopic (exact) mass is 309 g/mol. The first-order valence-corrected chi connectivity index (χ1v) is 8.16. The van der Waals surface area contributed by atoms with E-state index in [1.165, 1.54) is 0 Å². The number of nitrogens with zero attached hydrogens (tertiary/aromatic N) is 1. The zero-order chi connectivity index (χ0) is 16.1. The Morgan fingerprint density at radius 3 is 2.65 bits per heavy atom. The number of carbonyl (C=O) groups is 1. The maximum absolute atomic E-state index is 12.4. The number of amides is 1. The molecule has 1 saturated heterocycles. The number of rotatable bonds is 4. The first kappa shape index (κ1) is 15.7. The summed E-state index contributed by atoms with van der Waals surface area (Å²) in [6.07, 6.45) is 5.61. The Morgan fingerprint density at radius 2 is 1.91 bits per heavy atom. The second kappa shape index (κ2) is 6.92. The van der Waals surface area contributed by atoms with Crippen molar-refractivity contribution in [3.05, 3.63) is 54.4 Å². The smallest absolute Gasteiger partial charge is 0.252 e. The van der Waals surface area contributed by atoms with Crippen LogP contribution >= 0.6 is 0 Å². The summed E-state index contributed by atoms with van der Waals surface area (Å²) in [5.41, 5.74) is 2.83. The van der Waals surface area contributed by atoms with Gasteiger partial charge >= 0.3 is 0 Å². The topological polar surface area (TPSA) is 54.0 Å². The highest BCUT2D eigenvalue weighted by Gasteiger charge is 2.27. The van der Waals surface area contributed by atoms with Crippen LogP contribution in [-0.4, -0.2) is 30.5 Å². The van der Waals surface area contributed by atoms with Gasteiger partial charge in [0, 0.05) is 24.5 Å². The fraction of sp³-hybridized carbons (Fsp3) is 0.368. The van der Waals surface area contributed by atoms with Crippen LogP contribution in [0.2, 0.25) is 0 Å². The molecule has 0 saturated carbocycles. The Bertz CT molecular complexity index is 663. The van der Waals surface area contributed by atoms with Crippen molar-refractivity contribution >= 4 is 5.91 Å². The van der Waals surface area contributed by atoms with Gasteiger partial charge in [0.2, 0.25) is 0 Å². The second-order valence-corrected chi connectivity index (χ2v) is 6.57. The Kier molecular flexibility index (Phi) is 4.72. The van der Waals surface area contributed by atoms with Gasteiger partial charge in [0.15, 0.2) is 0 Å². The van der Waals surface area contributed by atoms with E-state index in [1.54, 1.807) is 12.4 Å². The molecule has 1 aromatic heterocycles. The molecule has 0 spiro atoms. The highest BCUT2D eigenvalue weighted by molar-refractivity contribution is 5.95. The van der Waals surface area contributed by atoms with Crippen molar-refractivity contribution < 1.29 is 4.79 Å².